The van der Waals surface area contributed by atoms with Gasteiger partial charge in [-0.15, -0.1) is 11.6 Å². The Bertz CT molecular complexity index is 182. The smallest absolute Gasteiger partial charge is 0.0466 e. The summed E-state index contributed by atoms with van der Waals surface area (Å²) in [6.07, 6.45) is 6.29. The summed E-state index contributed by atoms with van der Waals surface area (Å²) in [5.41, 5.74) is 0. The van der Waals surface area contributed by atoms with Crippen molar-refractivity contribution in [3.8, 4) is 0 Å². The molecule has 2 heteroatoms. The van der Waals surface area contributed by atoms with E-state index >= 15 is 0 Å². The third kappa shape index (κ3) is 4.63. The van der Waals surface area contributed by atoms with E-state index in [0.717, 1.165) is 31.0 Å². The summed E-state index contributed by atoms with van der Waals surface area (Å²) in [6, 6.07) is 0. The van der Waals surface area contributed by atoms with Crippen molar-refractivity contribution in [3.05, 3.63) is 0 Å². The van der Waals surface area contributed by atoms with Crippen molar-refractivity contribution in [3.63, 3.8) is 0 Å². The SMILES string of the molecule is CCOCCCC1CC(C(C)C)CCC1Cl. The first-order valence-electron chi connectivity index (χ1n) is 6.87. The maximum absolute atomic E-state index is 6.42. The van der Waals surface area contributed by atoms with Crippen LogP contribution in [0.15, 0.2) is 0 Å². The average molecular weight is 247 g/mol. The fourth-order valence-corrected chi connectivity index (χ4v) is 3.11. The highest BCUT2D eigenvalue weighted by Crippen LogP contribution is 2.38. The zero-order valence-electron chi connectivity index (χ0n) is 11.0. The maximum Gasteiger partial charge on any atom is 0.0466 e. The minimum atomic E-state index is 0.414. The molecule has 0 radical (unpaired) electrons. The molecule has 3 atom stereocenters. The second-order valence-electron chi connectivity index (χ2n) is 5.43. The van der Waals surface area contributed by atoms with E-state index in [1.165, 1.54) is 32.1 Å². The third-order valence-corrected chi connectivity index (χ3v) is 4.52. The highest BCUT2D eigenvalue weighted by atomic mass is 35.5. The van der Waals surface area contributed by atoms with Crippen LogP contribution < -0.4 is 0 Å². The Hall–Kier alpha value is 0.250. The summed E-state index contributed by atoms with van der Waals surface area (Å²) in [6.45, 7) is 8.49. The molecule has 0 aromatic rings. The van der Waals surface area contributed by atoms with Gasteiger partial charge in [-0.25, -0.2) is 0 Å². The van der Waals surface area contributed by atoms with Crippen LogP contribution in [-0.2, 0) is 4.74 Å². The van der Waals surface area contributed by atoms with E-state index in [0.29, 0.717) is 5.38 Å². The molecule has 0 saturated heterocycles. The van der Waals surface area contributed by atoms with Gasteiger partial charge in [0.25, 0.3) is 0 Å². The van der Waals surface area contributed by atoms with Crippen LogP contribution in [0.5, 0.6) is 0 Å². The Morgan fingerprint density at radius 3 is 2.69 bits per heavy atom. The van der Waals surface area contributed by atoms with E-state index in [1.54, 1.807) is 0 Å². The molecule has 1 fully saturated rings. The molecule has 1 aliphatic rings. The quantitative estimate of drug-likeness (QED) is 0.496. The van der Waals surface area contributed by atoms with E-state index in [4.69, 9.17) is 16.3 Å². The Morgan fingerprint density at radius 1 is 1.31 bits per heavy atom. The third-order valence-electron chi connectivity index (χ3n) is 3.94. The minimum absolute atomic E-state index is 0.414. The van der Waals surface area contributed by atoms with E-state index < -0.39 is 0 Å². The summed E-state index contributed by atoms with van der Waals surface area (Å²) in [4.78, 5) is 0. The molecule has 0 spiro atoms. The van der Waals surface area contributed by atoms with Gasteiger partial charge in [-0.2, -0.15) is 0 Å². The van der Waals surface area contributed by atoms with Crippen molar-refractivity contribution >= 4 is 11.6 Å². The van der Waals surface area contributed by atoms with Crippen molar-refractivity contribution in [2.75, 3.05) is 13.2 Å². The standard InChI is InChI=1S/C14H27ClO/c1-4-16-9-5-6-13-10-12(11(2)3)7-8-14(13)15/h11-14H,4-10H2,1-3H3. The molecule has 3 unspecified atom stereocenters. The lowest BCUT2D eigenvalue weighted by molar-refractivity contribution is 0.131. The summed E-state index contributed by atoms with van der Waals surface area (Å²) in [5.74, 6) is 2.44. The van der Waals surface area contributed by atoms with Crippen LogP contribution in [0.4, 0.5) is 0 Å². The predicted molar refractivity (Wildman–Crippen MR) is 71.0 cm³/mol. The summed E-state index contributed by atoms with van der Waals surface area (Å²) in [5, 5.41) is 0.414. The molecular formula is C14H27ClO. The molecule has 0 aromatic heterocycles. The predicted octanol–water partition coefficient (Wildman–Crippen LogP) is 4.48. The zero-order valence-corrected chi connectivity index (χ0v) is 11.8. The van der Waals surface area contributed by atoms with Crippen LogP contribution in [0.25, 0.3) is 0 Å². The van der Waals surface area contributed by atoms with Crippen LogP contribution >= 0.6 is 11.6 Å². The molecule has 1 saturated carbocycles. The number of ether oxygens (including phenoxy) is 1. The van der Waals surface area contributed by atoms with Crippen LogP contribution in [0.1, 0.15) is 52.9 Å². The van der Waals surface area contributed by atoms with Gasteiger partial charge < -0.3 is 4.74 Å². The number of halogens is 1. The van der Waals surface area contributed by atoms with Gasteiger partial charge in [0, 0.05) is 18.6 Å². The highest BCUT2D eigenvalue weighted by molar-refractivity contribution is 6.20. The lowest BCUT2D eigenvalue weighted by atomic mass is 9.74. The molecule has 96 valence electrons. The molecule has 1 rings (SSSR count). The van der Waals surface area contributed by atoms with Crippen molar-refractivity contribution in [1.82, 2.24) is 0 Å². The lowest BCUT2D eigenvalue weighted by Crippen LogP contribution is -2.28. The van der Waals surface area contributed by atoms with Crippen molar-refractivity contribution in [2.24, 2.45) is 17.8 Å². The van der Waals surface area contributed by atoms with E-state index in [-0.39, 0.29) is 0 Å². The first-order chi connectivity index (χ1) is 7.65. The molecule has 16 heavy (non-hydrogen) atoms. The first-order valence-corrected chi connectivity index (χ1v) is 7.30. The molecule has 1 nitrogen and oxygen atoms in total. The molecular weight excluding hydrogens is 220 g/mol. The summed E-state index contributed by atoms with van der Waals surface area (Å²) >= 11 is 6.42. The molecule has 0 heterocycles. The van der Waals surface area contributed by atoms with Crippen LogP contribution in [-0.4, -0.2) is 18.6 Å². The number of hydrogen-bond donors (Lipinski definition) is 0. The van der Waals surface area contributed by atoms with Gasteiger partial charge in [-0.05, 0) is 56.8 Å². The van der Waals surface area contributed by atoms with Crippen LogP contribution in [0.3, 0.4) is 0 Å². The van der Waals surface area contributed by atoms with Gasteiger partial charge in [-0.3, -0.25) is 0 Å². The topological polar surface area (TPSA) is 9.23 Å². The first kappa shape index (κ1) is 14.3. The van der Waals surface area contributed by atoms with Gasteiger partial charge in [0.15, 0.2) is 0 Å². The Balaban J connectivity index is 2.26. The minimum Gasteiger partial charge on any atom is -0.382 e. The molecule has 0 N–H and O–H groups in total. The van der Waals surface area contributed by atoms with Crippen LogP contribution in [0.2, 0.25) is 0 Å². The largest absolute Gasteiger partial charge is 0.382 e. The molecule has 0 aliphatic heterocycles. The van der Waals surface area contributed by atoms with Crippen molar-refractivity contribution in [2.45, 2.75) is 58.3 Å². The van der Waals surface area contributed by atoms with Gasteiger partial charge in [-0.1, -0.05) is 13.8 Å². The number of rotatable bonds is 6. The number of alkyl halides is 1. The van der Waals surface area contributed by atoms with Gasteiger partial charge in [0.05, 0.1) is 0 Å². The fourth-order valence-electron chi connectivity index (χ4n) is 2.76. The number of hydrogen-bond acceptors (Lipinski definition) is 1. The molecule has 0 amide bonds. The molecule has 0 bridgehead atoms. The average Bonchev–Trinajstić information content (AvgIpc) is 2.26. The fraction of sp³-hybridized carbons (Fsp3) is 1.00. The summed E-state index contributed by atoms with van der Waals surface area (Å²) < 4.78 is 5.39. The monoisotopic (exact) mass is 246 g/mol. The lowest BCUT2D eigenvalue weighted by Gasteiger charge is -2.35. The Kier molecular flexibility index (Phi) is 6.75. The van der Waals surface area contributed by atoms with Gasteiger partial charge >= 0.3 is 0 Å². The van der Waals surface area contributed by atoms with Gasteiger partial charge in [0.2, 0.25) is 0 Å². The normalized spacial score (nSPS) is 30.9. The van der Waals surface area contributed by atoms with Gasteiger partial charge in [0.1, 0.15) is 0 Å². The second-order valence-corrected chi connectivity index (χ2v) is 5.99. The molecule has 0 aromatic carbocycles. The summed E-state index contributed by atoms with van der Waals surface area (Å²) in [7, 11) is 0. The highest BCUT2D eigenvalue weighted by Gasteiger charge is 2.29. The van der Waals surface area contributed by atoms with E-state index in [9.17, 15) is 0 Å². The van der Waals surface area contributed by atoms with Crippen LogP contribution in [0, 0.1) is 17.8 Å². The van der Waals surface area contributed by atoms with Crippen molar-refractivity contribution in [1.29, 1.82) is 0 Å². The zero-order chi connectivity index (χ0) is 12.0. The Morgan fingerprint density at radius 2 is 2.06 bits per heavy atom. The second kappa shape index (κ2) is 7.55. The molecule has 1 aliphatic carbocycles. The maximum atomic E-state index is 6.42. The van der Waals surface area contributed by atoms with Crippen molar-refractivity contribution < 1.29 is 4.74 Å². The van der Waals surface area contributed by atoms with E-state index in [1.807, 2.05) is 0 Å². The van der Waals surface area contributed by atoms with E-state index in [2.05, 4.69) is 20.8 Å². The Labute approximate surface area is 106 Å².